The molecule has 0 fully saturated rings. The second-order valence-electron chi connectivity index (χ2n) is 3.00. The molecule has 1 aromatic carbocycles. The van der Waals surface area contributed by atoms with Crippen LogP contribution in [-0.2, 0) is 0 Å². The molecule has 0 aliphatic heterocycles. The fourth-order valence-corrected chi connectivity index (χ4v) is 1.45. The van der Waals surface area contributed by atoms with Gasteiger partial charge < -0.3 is 15.9 Å². The van der Waals surface area contributed by atoms with E-state index in [-0.39, 0.29) is 22.7 Å². The molecule has 4 N–H and O–H groups in total. The molecule has 3 nitrogen and oxygen atoms in total. The van der Waals surface area contributed by atoms with Crippen LogP contribution in [0.5, 0.6) is 5.75 Å². The van der Waals surface area contributed by atoms with E-state index in [9.17, 15) is 14.6 Å². The van der Waals surface area contributed by atoms with Crippen molar-refractivity contribution in [3.05, 3.63) is 28.0 Å². The smallest absolute Gasteiger partial charge is 0.142 e. The molecule has 0 heterocycles. The molecule has 1 rings (SSSR count). The molecule has 0 radical (unpaired) electrons. The predicted molar refractivity (Wildman–Crippen MR) is 51.8 cm³/mol. The summed E-state index contributed by atoms with van der Waals surface area (Å²) in [6, 6.07) is 1.29. The van der Waals surface area contributed by atoms with Crippen molar-refractivity contribution >= 4 is 11.6 Å². The highest BCUT2D eigenvalue weighted by molar-refractivity contribution is 6.32. The van der Waals surface area contributed by atoms with Gasteiger partial charge in [0.1, 0.15) is 11.6 Å². The summed E-state index contributed by atoms with van der Waals surface area (Å²) in [6.45, 7) is 1.32. The Morgan fingerprint density at radius 3 is 2.71 bits per heavy atom. The van der Waals surface area contributed by atoms with Gasteiger partial charge in [-0.05, 0) is 18.6 Å². The molecule has 0 spiro atoms. The molecule has 0 bridgehead atoms. The first-order valence-electron chi connectivity index (χ1n) is 4.04. The summed E-state index contributed by atoms with van der Waals surface area (Å²) in [5.74, 6) is -1.13. The van der Waals surface area contributed by atoms with E-state index in [1.165, 1.54) is 13.0 Å². The second-order valence-corrected chi connectivity index (χ2v) is 3.41. The van der Waals surface area contributed by atoms with Crippen molar-refractivity contribution in [2.24, 2.45) is 5.73 Å². The summed E-state index contributed by atoms with van der Waals surface area (Å²) in [7, 11) is 0. The number of halogens is 2. The minimum atomic E-state index is -1.24. The summed E-state index contributed by atoms with van der Waals surface area (Å²) in [6.07, 6.45) is -1.24. The van der Waals surface area contributed by atoms with E-state index in [1.54, 1.807) is 0 Å². The molecule has 0 aliphatic rings. The number of phenolic OH excluding ortho intramolecular Hbond substituents is 1. The third kappa shape index (κ3) is 1.82. The Kier molecular flexibility index (Phi) is 3.31. The lowest BCUT2D eigenvalue weighted by molar-refractivity contribution is 0.177. The van der Waals surface area contributed by atoms with Crippen LogP contribution in [0.2, 0.25) is 5.02 Å². The zero-order valence-corrected chi connectivity index (χ0v) is 8.35. The van der Waals surface area contributed by atoms with Crippen LogP contribution in [-0.4, -0.2) is 16.8 Å². The normalized spacial score (nSPS) is 12.9. The van der Waals surface area contributed by atoms with Crippen LogP contribution in [0.4, 0.5) is 4.39 Å². The Morgan fingerprint density at radius 2 is 2.21 bits per heavy atom. The maximum Gasteiger partial charge on any atom is 0.142 e. The molecule has 0 saturated carbocycles. The molecule has 0 saturated heterocycles. The molecule has 0 aromatic heterocycles. The lowest BCUT2D eigenvalue weighted by Gasteiger charge is -2.14. The van der Waals surface area contributed by atoms with E-state index < -0.39 is 17.7 Å². The Hall–Kier alpha value is -0.840. The zero-order valence-electron chi connectivity index (χ0n) is 7.59. The van der Waals surface area contributed by atoms with Gasteiger partial charge >= 0.3 is 0 Å². The van der Waals surface area contributed by atoms with Crippen LogP contribution in [0.15, 0.2) is 6.07 Å². The largest absolute Gasteiger partial charge is 0.506 e. The molecule has 0 aliphatic carbocycles. The van der Waals surface area contributed by atoms with Crippen molar-refractivity contribution in [1.29, 1.82) is 0 Å². The highest BCUT2D eigenvalue weighted by Crippen LogP contribution is 2.35. The van der Waals surface area contributed by atoms with Gasteiger partial charge in [-0.1, -0.05) is 11.6 Å². The first-order chi connectivity index (χ1) is 6.49. The second kappa shape index (κ2) is 4.13. The molecular formula is C9H11ClFNO2. The lowest BCUT2D eigenvalue weighted by atomic mass is 10.0. The van der Waals surface area contributed by atoms with Gasteiger partial charge in [-0.25, -0.2) is 4.39 Å². The van der Waals surface area contributed by atoms with Gasteiger partial charge in [-0.3, -0.25) is 0 Å². The predicted octanol–water partition coefficient (Wildman–Crippen LogP) is 1.49. The Balaban J connectivity index is 3.39. The average Bonchev–Trinajstić information content (AvgIpc) is 2.15. The van der Waals surface area contributed by atoms with Crippen LogP contribution >= 0.6 is 11.6 Å². The maximum atomic E-state index is 13.4. The van der Waals surface area contributed by atoms with Crippen LogP contribution in [0, 0.1) is 12.7 Å². The summed E-state index contributed by atoms with van der Waals surface area (Å²) in [5, 5.41) is 18.8. The number of aryl methyl sites for hydroxylation is 1. The Morgan fingerprint density at radius 1 is 1.64 bits per heavy atom. The lowest BCUT2D eigenvalue weighted by Crippen LogP contribution is -2.14. The molecule has 14 heavy (non-hydrogen) atoms. The van der Waals surface area contributed by atoms with Gasteiger partial charge in [0.15, 0.2) is 0 Å². The number of hydrogen-bond donors (Lipinski definition) is 3. The summed E-state index contributed by atoms with van der Waals surface area (Å²) in [4.78, 5) is 0. The molecule has 1 unspecified atom stereocenters. The van der Waals surface area contributed by atoms with Crippen molar-refractivity contribution in [1.82, 2.24) is 0 Å². The number of aromatic hydroxyl groups is 1. The third-order valence-corrected chi connectivity index (χ3v) is 2.25. The van der Waals surface area contributed by atoms with Gasteiger partial charge in [-0.2, -0.15) is 0 Å². The number of phenols is 1. The number of hydrogen-bond acceptors (Lipinski definition) is 3. The Labute approximate surface area is 85.9 Å². The number of rotatable bonds is 2. The Bertz CT molecular complexity index is 331. The number of nitrogens with two attached hydrogens (primary N) is 1. The SMILES string of the molecule is Cc1cc(Cl)c(O)c(C(O)CN)c1F. The highest BCUT2D eigenvalue weighted by atomic mass is 35.5. The highest BCUT2D eigenvalue weighted by Gasteiger charge is 2.20. The van der Waals surface area contributed by atoms with E-state index in [0.717, 1.165) is 0 Å². The average molecular weight is 220 g/mol. The standard InChI is InChI=1S/C9H11ClFNO2/c1-4-2-5(10)9(14)7(8(4)11)6(13)3-12/h2,6,13-14H,3,12H2,1H3. The minimum absolute atomic E-state index is 0.00593. The van der Waals surface area contributed by atoms with E-state index in [0.29, 0.717) is 0 Å². The maximum absolute atomic E-state index is 13.4. The van der Waals surface area contributed by atoms with Crippen LogP contribution in [0.25, 0.3) is 0 Å². The van der Waals surface area contributed by atoms with Crippen molar-refractivity contribution in [3.8, 4) is 5.75 Å². The first-order valence-corrected chi connectivity index (χ1v) is 4.42. The van der Waals surface area contributed by atoms with Gasteiger partial charge in [0.25, 0.3) is 0 Å². The van der Waals surface area contributed by atoms with Gasteiger partial charge in [-0.15, -0.1) is 0 Å². The van der Waals surface area contributed by atoms with Crippen molar-refractivity contribution in [2.45, 2.75) is 13.0 Å². The number of aliphatic hydroxyl groups excluding tert-OH is 1. The minimum Gasteiger partial charge on any atom is -0.506 e. The number of aliphatic hydroxyl groups is 1. The zero-order chi connectivity index (χ0) is 10.9. The third-order valence-electron chi connectivity index (χ3n) is 1.96. The van der Waals surface area contributed by atoms with E-state index in [1.807, 2.05) is 0 Å². The fourth-order valence-electron chi connectivity index (χ4n) is 1.19. The molecule has 0 amide bonds. The van der Waals surface area contributed by atoms with Crippen LogP contribution in [0.1, 0.15) is 17.2 Å². The number of benzene rings is 1. The monoisotopic (exact) mass is 219 g/mol. The van der Waals surface area contributed by atoms with Gasteiger partial charge in [0.05, 0.1) is 16.7 Å². The van der Waals surface area contributed by atoms with Crippen molar-refractivity contribution in [3.63, 3.8) is 0 Å². The summed E-state index contributed by atoms with van der Waals surface area (Å²) < 4.78 is 13.4. The topological polar surface area (TPSA) is 66.5 Å². The van der Waals surface area contributed by atoms with E-state index in [2.05, 4.69) is 0 Å². The van der Waals surface area contributed by atoms with Gasteiger partial charge in [0.2, 0.25) is 0 Å². The van der Waals surface area contributed by atoms with Crippen molar-refractivity contribution < 1.29 is 14.6 Å². The molecule has 1 aromatic rings. The van der Waals surface area contributed by atoms with Gasteiger partial charge in [0, 0.05) is 6.54 Å². The van der Waals surface area contributed by atoms with Crippen LogP contribution < -0.4 is 5.73 Å². The molecular weight excluding hydrogens is 209 g/mol. The van der Waals surface area contributed by atoms with E-state index >= 15 is 0 Å². The van der Waals surface area contributed by atoms with Crippen LogP contribution in [0.3, 0.4) is 0 Å². The van der Waals surface area contributed by atoms with E-state index in [4.69, 9.17) is 17.3 Å². The fraction of sp³-hybridized carbons (Fsp3) is 0.333. The summed E-state index contributed by atoms with van der Waals surface area (Å²) >= 11 is 5.62. The molecule has 78 valence electrons. The van der Waals surface area contributed by atoms with Crippen molar-refractivity contribution in [2.75, 3.05) is 6.54 Å². The molecule has 5 heteroatoms. The first kappa shape index (κ1) is 11.2. The quantitative estimate of drug-likeness (QED) is 0.706. The summed E-state index contributed by atoms with van der Waals surface area (Å²) in [5.41, 5.74) is 5.19. The molecule has 1 atom stereocenters.